The molecule has 2 aromatic rings. The molecule has 0 saturated heterocycles. The number of benzene rings is 2. The second-order valence-corrected chi connectivity index (χ2v) is 7.20. The zero-order valence-corrected chi connectivity index (χ0v) is 14.8. The van der Waals surface area contributed by atoms with Crippen LogP contribution >= 0.6 is 11.8 Å². The molecule has 24 heavy (non-hydrogen) atoms. The summed E-state index contributed by atoms with van der Waals surface area (Å²) in [5.74, 6) is 0.259. The lowest BCUT2D eigenvalue weighted by molar-refractivity contribution is 0.0697. The number of thioether (sulfide) groups is 1. The first-order chi connectivity index (χ1) is 11.5. The Morgan fingerprint density at radius 2 is 1.88 bits per heavy atom. The largest absolute Gasteiger partial charge is 0.478 e. The molecule has 1 heterocycles. The second kappa shape index (κ2) is 7.14. The molecule has 3 nitrogen and oxygen atoms in total. The molecule has 0 aromatic heterocycles. The van der Waals surface area contributed by atoms with Crippen LogP contribution in [0.5, 0.6) is 0 Å². The molecule has 0 atom stereocenters. The van der Waals surface area contributed by atoms with Crippen molar-refractivity contribution in [1.29, 1.82) is 0 Å². The molecule has 1 N–H and O–H groups in total. The first kappa shape index (κ1) is 16.7. The number of carboxylic acid groups (broad SMARTS) is 1. The first-order valence-electron chi connectivity index (χ1n) is 8.04. The number of carboxylic acids is 1. The quantitative estimate of drug-likeness (QED) is 0.809. The van der Waals surface area contributed by atoms with Gasteiger partial charge in [-0.05, 0) is 60.1 Å². The number of hydrogen-bond acceptors (Lipinski definition) is 3. The molecule has 0 radical (unpaired) electrons. The van der Waals surface area contributed by atoms with Crippen LogP contribution in [0.3, 0.4) is 0 Å². The lowest BCUT2D eigenvalue weighted by atomic mass is 10.0. The highest BCUT2D eigenvalue weighted by Crippen LogP contribution is 2.35. The van der Waals surface area contributed by atoms with Crippen molar-refractivity contribution in [2.75, 3.05) is 24.2 Å². The highest BCUT2D eigenvalue weighted by Gasteiger charge is 2.13. The van der Waals surface area contributed by atoms with Gasteiger partial charge in [-0.3, -0.25) is 0 Å². The van der Waals surface area contributed by atoms with Gasteiger partial charge in [0.15, 0.2) is 0 Å². The highest BCUT2D eigenvalue weighted by molar-refractivity contribution is 7.99. The van der Waals surface area contributed by atoms with Crippen molar-refractivity contribution >= 4 is 35.1 Å². The third kappa shape index (κ3) is 3.65. The molecule has 2 aromatic carbocycles. The minimum Gasteiger partial charge on any atom is -0.478 e. The predicted octanol–water partition coefficient (Wildman–Crippen LogP) is 4.88. The number of anilines is 1. The van der Waals surface area contributed by atoms with Crippen molar-refractivity contribution in [2.45, 2.75) is 18.2 Å². The van der Waals surface area contributed by atoms with Crippen LogP contribution in [0.1, 0.15) is 34.8 Å². The summed E-state index contributed by atoms with van der Waals surface area (Å²) in [5, 5.41) is 8.97. The maximum absolute atomic E-state index is 10.9. The van der Waals surface area contributed by atoms with Crippen molar-refractivity contribution in [3.05, 3.63) is 59.2 Å². The first-order valence-corrected chi connectivity index (χ1v) is 9.03. The lowest BCUT2D eigenvalue weighted by Crippen LogP contribution is -2.17. The molecular formula is C20H21NO2S. The average molecular weight is 339 g/mol. The van der Waals surface area contributed by atoms with Gasteiger partial charge in [-0.2, -0.15) is 0 Å². The molecule has 0 spiro atoms. The van der Waals surface area contributed by atoms with Crippen LogP contribution in [0.4, 0.5) is 5.69 Å². The van der Waals surface area contributed by atoms with Gasteiger partial charge in [-0.1, -0.05) is 24.3 Å². The molecule has 0 unspecified atom stereocenters. The summed E-state index contributed by atoms with van der Waals surface area (Å²) in [6.45, 7) is 3.20. The summed E-state index contributed by atoms with van der Waals surface area (Å²) in [5.41, 5.74) is 5.01. The van der Waals surface area contributed by atoms with Crippen molar-refractivity contribution in [3.8, 4) is 0 Å². The smallest absolute Gasteiger partial charge is 0.335 e. The Morgan fingerprint density at radius 1 is 1.17 bits per heavy atom. The Kier molecular flexibility index (Phi) is 4.95. The minimum absolute atomic E-state index is 0.314. The van der Waals surface area contributed by atoms with E-state index in [4.69, 9.17) is 5.11 Å². The van der Waals surface area contributed by atoms with E-state index in [1.54, 1.807) is 12.1 Å². The predicted molar refractivity (Wildman–Crippen MR) is 102 cm³/mol. The Hall–Kier alpha value is -2.20. The van der Waals surface area contributed by atoms with Gasteiger partial charge in [-0.25, -0.2) is 4.79 Å². The number of fused-ring (bicyclic) bond motifs is 1. The molecule has 124 valence electrons. The van der Waals surface area contributed by atoms with E-state index in [9.17, 15) is 4.79 Å². The highest BCUT2D eigenvalue weighted by atomic mass is 32.2. The van der Waals surface area contributed by atoms with Crippen molar-refractivity contribution in [3.63, 3.8) is 0 Å². The van der Waals surface area contributed by atoms with Crippen LogP contribution in [0, 0.1) is 0 Å². The molecule has 0 fully saturated rings. The van der Waals surface area contributed by atoms with E-state index in [0.717, 1.165) is 17.9 Å². The summed E-state index contributed by atoms with van der Waals surface area (Å²) in [6.07, 6.45) is 3.30. The van der Waals surface area contributed by atoms with Crippen LogP contribution in [-0.2, 0) is 0 Å². The number of hydrogen-bond donors (Lipinski definition) is 1. The van der Waals surface area contributed by atoms with Gasteiger partial charge < -0.3 is 10.0 Å². The molecule has 1 aliphatic heterocycles. The molecule has 1 aliphatic rings. The van der Waals surface area contributed by atoms with Crippen LogP contribution in [0.15, 0.2) is 47.4 Å². The Labute approximate surface area is 147 Å². The number of carbonyl (C=O) groups is 1. The molecule has 0 amide bonds. The third-order valence-electron chi connectivity index (χ3n) is 4.26. The van der Waals surface area contributed by atoms with E-state index in [-0.39, 0.29) is 0 Å². The van der Waals surface area contributed by atoms with Crippen molar-refractivity contribution < 1.29 is 9.90 Å². The third-order valence-corrected chi connectivity index (χ3v) is 5.39. The van der Waals surface area contributed by atoms with E-state index >= 15 is 0 Å². The topological polar surface area (TPSA) is 40.5 Å². The molecule has 3 rings (SSSR count). The van der Waals surface area contributed by atoms with Gasteiger partial charge >= 0.3 is 5.97 Å². The molecule has 0 saturated carbocycles. The summed E-state index contributed by atoms with van der Waals surface area (Å²) < 4.78 is 0. The number of allylic oxidation sites excluding steroid dienone is 1. The van der Waals surface area contributed by atoms with Crippen LogP contribution in [0.2, 0.25) is 0 Å². The van der Waals surface area contributed by atoms with Gasteiger partial charge in [0.25, 0.3) is 0 Å². The molecule has 0 bridgehead atoms. The minimum atomic E-state index is -0.894. The van der Waals surface area contributed by atoms with E-state index in [1.165, 1.54) is 28.1 Å². The van der Waals surface area contributed by atoms with E-state index < -0.39 is 5.97 Å². The van der Waals surface area contributed by atoms with Crippen LogP contribution < -0.4 is 4.90 Å². The Bertz CT molecular complexity index is 781. The SMILES string of the molecule is CC(=Cc1ccc(C(=O)O)cc1)c1ccc2c(c1)SCCCN2C. The fraction of sp³-hybridized carbons (Fsp3) is 0.250. The number of nitrogens with zero attached hydrogens (tertiary/aromatic N) is 1. The fourth-order valence-corrected chi connectivity index (χ4v) is 3.93. The van der Waals surface area contributed by atoms with E-state index in [0.29, 0.717) is 5.56 Å². The molecule has 0 aliphatic carbocycles. The maximum Gasteiger partial charge on any atom is 0.335 e. The van der Waals surface area contributed by atoms with Crippen molar-refractivity contribution in [1.82, 2.24) is 0 Å². The van der Waals surface area contributed by atoms with E-state index in [2.05, 4.69) is 43.1 Å². The van der Waals surface area contributed by atoms with Crippen LogP contribution in [0.25, 0.3) is 11.6 Å². The van der Waals surface area contributed by atoms with Gasteiger partial charge in [-0.15, -0.1) is 11.8 Å². The van der Waals surface area contributed by atoms with Gasteiger partial charge in [0, 0.05) is 18.5 Å². The summed E-state index contributed by atoms with van der Waals surface area (Å²) in [7, 11) is 2.15. The fourth-order valence-electron chi connectivity index (χ4n) is 2.85. The zero-order chi connectivity index (χ0) is 17.1. The monoisotopic (exact) mass is 339 g/mol. The molecular weight excluding hydrogens is 318 g/mol. The summed E-state index contributed by atoms with van der Waals surface area (Å²) >= 11 is 1.92. The maximum atomic E-state index is 10.9. The number of aromatic carboxylic acids is 1. The van der Waals surface area contributed by atoms with Gasteiger partial charge in [0.2, 0.25) is 0 Å². The summed E-state index contributed by atoms with van der Waals surface area (Å²) in [4.78, 5) is 14.6. The van der Waals surface area contributed by atoms with Gasteiger partial charge in [0.05, 0.1) is 11.3 Å². The average Bonchev–Trinajstić information content (AvgIpc) is 2.76. The number of rotatable bonds is 3. The zero-order valence-electron chi connectivity index (χ0n) is 14.0. The molecule has 4 heteroatoms. The summed E-state index contributed by atoms with van der Waals surface area (Å²) in [6, 6.07) is 13.6. The Balaban J connectivity index is 1.88. The second-order valence-electron chi connectivity index (χ2n) is 6.06. The van der Waals surface area contributed by atoms with Gasteiger partial charge in [0.1, 0.15) is 0 Å². The normalized spacial score (nSPS) is 14.9. The lowest BCUT2D eigenvalue weighted by Gasteiger charge is -2.19. The van der Waals surface area contributed by atoms with E-state index in [1.807, 2.05) is 23.9 Å². The van der Waals surface area contributed by atoms with Crippen molar-refractivity contribution in [2.24, 2.45) is 0 Å². The standard InChI is InChI=1S/C20H21NO2S/c1-14(12-15-4-6-16(7-5-15)20(22)23)17-8-9-18-19(13-17)24-11-3-10-21(18)2/h4-9,12-13H,3,10-11H2,1-2H3,(H,22,23). The Morgan fingerprint density at radius 3 is 2.58 bits per heavy atom. The van der Waals surface area contributed by atoms with Crippen LogP contribution in [-0.4, -0.2) is 30.4 Å².